The van der Waals surface area contributed by atoms with Gasteiger partial charge in [0, 0.05) is 30.8 Å². The monoisotopic (exact) mass is 565 g/mol. The smallest absolute Gasteiger partial charge is 0.131 e. The van der Waals surface area contributed by atoms with Crippen LogP contribution in [-0.2, 0) is 10.2 Å². The number of benzene rings is 1. The van der Waals surface area contributed by atoms with Crippen molar-refractivity contribution in [2.24, 2.45) is 0 Å². The molecule has 0 radical (unpaired) electrons. The number of ether oxygens (including phenoxy) is 1. The average Bonchev–Trinajstić information content (AvgIpc) is 2.84. The SMILES string of the molecule is C=C(C)CCCCCCCCN(CCCCCCCCC(C)=O)C(=C)CC(C)(C)c1c(C)cc(C)cc1OC(=C)C. The third-order valence-corrected chi connectivity index (χ3v) is 7.99. The van der Waals surface area contributed by atoms with Gasteiger partial charge in [-0.3, -0.25) is 0 Å². The highest BCUT2D eigenvalue weighted by molar-refractivity contribution is 5.75. The predicted octanol–water partition coefficient (Wildman–Crippen LogP) is 11.3. The summed E-state index contributed by atoms with van der Waals surface area (Å²) in [5.41, 5.74) is 6.16. The van der Waals surface area contributed by atoms with Crippen molar-refractivity contribution in [2.45, 2.75) is 150 Å². The molecule has 232 valence electrons. The molecule has 0 amide bonds. The van der Waals surface area contributed by atoms with Crippen LogP contribution in [0.1, 0.15) is 148 Å². The Labute approximate surface area is 254 Å². The summed E-state index contributed by atoms with van der Waals surface area (Å²) in [4.78, 5) is 13.7. The van der Waals surface area contributed by atoms with Crippen molar-refractivity contribution in [1.82, 2.24) is 4.90 Å². The van der Waals surface area contributed by atoms with E-state index >= 15 is 0 Å². The van der Waals surface area contributed by atoms with E-state index in [-0.39, 0.29) is 5.41 Å². The minimum atomic E-state index is -0.113. The Bertz CT molecular complexity index is 941. The summed E-state index contributed by atoms with van der Waals surface area (Å²) in [6.07, 6.45) is 17.6. The molecule has 3 heteroatoms. The molecule has 0 aliphatic carbocycles. The van der Waals surface area contributed by atoms with E-state index < -0.39 is 0 Å². The zero-order chi connectivity index (χ0) is 30.8. The highest BCUT2D eigenvalue weighted by Crippen LogP contribution is 2.40. The highest BCUT2D eigenvalue weighted by Gasteiger charge is 2.29. The molecule has 0 spiro atoms. The van der Waals surface area contributed by atoms with Gasteiger partial charge >= 0.3 is 0 Å². The quantitative estimate of drug-likeness (QED) is 0.0709. The Morgan fingerprint density at radius 1 is 0.756 bits per heavy atom. The van der Waals surface area contributed by atoms with Crippen molar-refractivity contribution in [2.75, 3.05) is 13.1 Å². The van der Waals surface area contributed by atoms with Gasteiger partial charge < -0.3 is 14.4 Å². The molecule has 0 aliphatic heterocycles. The first kappa shape index (κ1) is 36.7. The molecule has 1 aromatic rings. The van der Waals surface area contributed by atoms with Crippen LogP contribution in [-0.4, -0.2) is 23.8 Å². The van der Waals surface area contributed by atoms with Crippen molar-refractivity contribution >= 4 is 5.78 Å². The first-order valence-corrected chi connectivity index (χ1v) is 16.3. The van der Waals surface area contributed by atoms with Crippen LogP contribution in [0.5, 0.6) is 5.75 Å². The minimum absolute atomic E-state index is 0.113. The number of rotatable bonds is 24. The molecule has 1 rings (SSSR count). The van der Waals surface area contributed by atoms with Crippen molar-refractivity contribution < 1.29 is 9.53 Å². The fourth-order valence-electron chi connectivity index (χ4n) is 6.02. The number of aryl methyl sites for hydroxylation is 2. The number of hydrogen-bond donors (Lipinski definition) is 0. The molecule has 0 aliphatic rings. The van der Waals surface area contributed by atoms with E-state index in [4.69, 9.17) is 4.74 Å². The molecule has 1 aromatic carbocycles. The number of unbranched alkanes of at least 4 members (excludes halogenated alkanes) is 10. The van der Waals surface area contributed by atoms with Gasteiger partial charge in [-0.05, 0) is 95.8 Å². The summed E-state index contributed by atoms with van der Waals surface area (Å²) >= 11 is 0. The first-order valence-electron chi connectivity index (χ1n) is 16.3. The second kappa shape index (κ2) is 19.8. The molecule has 0 saturated heterocycles. The molecule has 41 heavy (non-hydrogen) atoms. The van der Waals surface area contributed by atoms with Crippen LogP contribution in [0.2, 0.25) is 0 Å². The van der Waals surface area contributed by atoms with Gasteiger partial charge in [0.1, 0.15) is 11.5 Å². The zero-order valence-corrected chi connectivity index (χ0v) is 28.1. The van der Waals surface area contributed by atoms with Crippen LogP contribution < -0.4 is 4.74 Å². The molecule has 0 unspecified atom stereocenters. The third kappa shape index (κ3) is 16.1. The maximum absolute atomic E-state index is 11.2. The van der Waals surface area contributed by atoms with Gasteiger partial charge in [0.2, 0.25) is 0 Å². The normalized spacial score (nSPS) is 11.4. The zero-order valence-electron chi connectivity index (χ0n) is 28.1. The van der Waals surface area contributed by atoms with Crippen molar-refractivity contribution in [3.05, 3.63) is 65.6 Å². The minimum Gasteiger partial charge on any atom is -0.462 e. The molecule has 3 nitrogen and oxygen atoms in total. The lowest BCUT2D eigenvalue weighted by Gasteiger charge is -2.35. The second-order valence-corrected chi connectivity index (χ2v) is 13.3. The lowest BCUT2D eigenvalue weighted by atomic mass is 9.77. The number of nitrogens with zero attached hydrogens (tertiary/aromatic N) is 1. The largest absolute Gasteiger partial charge is 0.462 e. The van der Waals surface area contributed by atoms with Crippen LogP contribution in [0, 0.1) is 13.8 Å². The fourth-order valence-corrected chi connectivity index (χ4v) is 6.02. The molecule has 0 heterocycles. The number of ketones is 1. The summed E-state index contributed by atoms with van der Waals surface area (Å²) in [6, 6.07) is 4.40. The summed E-state index contributed by atoms with van der Waals surface area (Å²) < 4.78 is 6.14. The maximum atomic E-state index is 11.2. The Kier molecular flexibility index (Phi) is 17.7. The van der Waals surface area contributed by atoms with Gasteiger partial charge in [0.15, 0.2) is 0 Å². The Morgan fingerprint density at radius 2 is 1.24 bits per heavy atom. The first-order chi connectivity index (χ1) is 19.3. The molecule has 0 bridgehead atoms. The number of Topliss-reactive ketones (excluding diaryl/α,β-unsaturated/α-hetero) is 1. The van der Waals surface area contributed by atoms with E-state index in [2.05, 4.69) is 71.4 Å². The molecular formula is C38H63NO2. The molecule has 0 fully saturated rings. The van der Waals surface area contributed by atoms with Crippen molar-refractivity contribution in [3.8, 4) is 5.75 Å². The summed E-state index contributed by atoms with van der Waals surface area (Å²) in [5.74, 6) is 1.96. The average molecular weight is 566 g/mol. The molecule has 0 aromatic heterocycles. The van der Waals surface area contributed by atoms with Gasteiger partial charge in [-0.2, -0.15) is 0 Å². The summed E-state index contributed by atoms with van der Waals surface area (Å²) in [5, 5.41) is 0. The molecular weight excluding hydrogens is 502 g/mol. The van der Waals surface area contributed by atoms with Gasteiger partial charge in [0.05, 0.1) is 5.76 Å². The summed E-state index contributed by atoms with van der Waals surface area (Å²) in [7, 11) is 0. The van der Waals surface area contributed by atoms with Crippen LogP contribution >= 0.6 is 0 Å². The van der Waals surface area contributed by atoms with Crippen molar-refractivity contribution in [3.63, 3.8) is 0 Å². The van der Waals surface area contributed by atoms with Gasteiger partial charge in [-0.25, -0.2) is 0 Å². The predicted molar refractivity (Wildman–Crippen MR) is 180 cm³/mol. The van der Waals surface area contributed by atoms with E-state index in [0.29, 0.717) is 11.5 Å². The Hall–Kier alpha value is -2.29. The number of allylic oxidation sites excluding steroid dienone is 3. The Morgan fingerprint density at radius 3 is 1.73 bits per heavy atom. The second-order valence-electron chi connectivity index (χ2n) is 13.3. The third-order valence-electron chi connectivity index (χ3n) is 7.99. The van der Waals surface area contributed by atoms with E-state index in [1.54, 1.807) is 6.92 Å². The number of carbonyl (C=O) groups is 1. The molecule has 0 N–H and O–H groups in total. The lowest BCUT2D eigenvalue weighted by Crippen LogP contribution is -2.30. The van der Waals surface area contributed by atoms with Gasteiger partial charge in [-0.15, -0.1) is 6.58 Å². The summed E-state index contributed by atoms with van der Waals surface area (Å²) in [6.45, 7) is 29.5. The molecule has 0 saturated carbocycles. The van der Waals surface area contributed by atoms with Crippen molar-refractivity contribution in [1.29, 1.82) is 0 Å². The lowest BCUT2D eigenvalue weighted by molar-refractivity contribution is -0.117. The van der Waals surface area contributed by atoms with E-state index in [0.717, 1.165) is 38.1 Å². The standard InChI is InChI=1S/C38H63NO2/c1-30(2)23-19-15-11-13-17-21-25-39(26-22-18-14-12-16-20-24-35(8)40)34(7)29-38(9,10)37-33(6)27-32(5)28-36(37)41-31(3)4/h27-28H,1,3,7,11-26,29H2,2,4-6,8-10H3. The fraction of sp³-hybridized carbons (Fsp3) is 0.658. The van der Waals surface area contributed by atoms with Crippen LogP contribution in [0.4, 0.5) is 0 Å². The van der Waals surface area contributed by atoms with E-state index in [1.165, 1.54) is 105 Å². The molecule has 0 atom stereocenters. The van der Waals surface area contributed by atoms with Crippen LogP contribution in [0.15, 0.2) is 48.9 Å². The van der Waals surface area contributed by atoms with Gasteiger partial charge in [-0.1, -0.05) is 90.0 Å². The van der Waals surface area contributed by atoms with Crippen LogP contribution in [0.3, 0.4) is 0 Å². The Balaban J connectivity index is 2.79. The van der Waals surface area contributed by atoms with E-state index in [1.807, 2.05) is 6.92 Å². The highest BCUT2D eigenvalue weighted by atomic mass is 16.5. The number of hydrogen-bond acceptors (Lipinski definition) is 3. The van der Waals surface area contributed by atoms with E-state index in [9.17, 15) is 4.79 Å². The van der Waals surface area contributed by atoms with Gasteiger partial charge in [0.25, 0.3) is 0 Å². The number of carbonyl (C=O) groups excluding carboxylic acids is 1. The topological polar surface area (TPSA) is 29.5 Å². The maximum Gasteiger partial charge on any atom is 0.131 e. The van der Waals surface area contributed by atoms with Crippen LogP contribution in [0.25, 0.3) is 0 Å².